The molecular formula is C19H19N3O3S. The van der Waals surface area contributed by atoms with Gasteiger partial charge in [-0.1, -0.05) is 36.4 Å². The first-order valence-corrected chi connectivity index (χ1v) is 9.30. The molecule has 7 heteroatoms. The molecule has 2 aromatic rings. The maximum Gasteiger partial charge on any atom is 0.325 e. The van der Waals surface area contributed by atoms with Crippen LogP contribution in [0.4, 0.5) is 10.5 Å². The van der Waals surface area contributed by atoms with E-state index in [-0.39, 0.29) is 6.54 Å². The lowest BCUT2D eigenvalue weighted by Crippen LogP contribution is -2.42. The predicted molar refractivity (Wildman–Crippen MR) is 101 cm³/mol. The SMILES string of the molecule is CSc1cccc(NC(=O)CN2C(=O)NC(C)(c3ccccc3)C2=O)c1. The highest BCUT2D eigenvalue weighted by atomic mass is 32.2. The summed E-state index contributed by atoms with van der Waals surface area (Å²) in [7, 11) is 0. The van der Waals surface area contributed by atoms with Gasteiger partial charge in [0.2, 0.25) is 5.91 Å². The Labute approximate surface area is 156 Å². The Morgan fingerprint density at radius 1 is 1.15 bits per heavy atom. The third-order valence-electron chi connectivity index (χ3n) is 4.28. The molecule has 0 radical (unpaired) electrons. The van der Waals surface area contributed by atoms with Crippen molar-refractivity contribution < 1.29 is 14.4 Å². The number of thioether (sulfide) groups is 1. The first-order valence-electron chi connectivity index (χ1n) is 8.07. The Kier molecular flexibility index (Phi) is 4.99. The Bertz CT molecular complexity index is 856. The van der Waals surface area contributed by atoms with Crippen molar-refractivity contribution in [2.75, 3.05) is 18.1 Å². The summed E-state index contributed by atoms with van der Waals surface area (Å²) in [6, 6.07) is 15.8. The van der Waals surface area contributed by atoms with Gasteiger partial charge in [0.1, 0.15) is 12.1 Å². The summed E-state index contributed by atoms with van der Waals surface area (Å²) in [4.78, 5) is 39.3. The van der Waals surface area contributed by atoms with Crippen LogP contribution in [-0.2, 0) is 15.1 Å². The lowest BCUT2D eigenvalue weighted by Gasteiger charge is -2.22. The Hall–Kier alpha value is -2.80. The third kappa shape index (κ3) is 3.43. The zero-order valence-electron chi connectivity index (χ0n) is 14.5. The molecule has 26 heavy (non-hydrogen) atoms. The van der Waals surface area contributed by atoms with Crippen molar-refractivity contribution >= 4 is 35.3 Å². The highest BCUT2D eigenvalue weighted by molar-refractivity contribution is 7.98. The molecule has 0 saturated carbocycles. The maximum atomic E-state index is 12.8. The second kappa shape index (κ2) is 7.21. The highest BCUT2D eigenvalue weighted by Crippen LogP contribution is 2.28. The molecule has 0 aliphatic carbocycles. The topological polar surface area (TPSA) is 78.5 Å². The summed E-state index contributed by atoms with van der Waals surface area (Å²) in [6.07, 6.45) is 1.94. The number of imide groups is 1. The van der Waals surface area contributed by atoms with Crippen LogP contribution in [0.25, 0.3) is 0 Å². The van der Waals surface area contributed by atoms with Crippen LogP contribution in [0.2, 0.25) is 0 Å². The van der Waals surface area contributed by atoms with Gasteiger partial charge in [-0.3, -0.25) is 14.5 Å². The monoisotopic (exact) mass is 369 g/mol. The first-order chi connectivity index (χ1) is 12.4. The molecule has 1 heterocycles. The largest absolute Gasteiger partial charge is 0.325 e. The molecule has 1 unspecified atom stereocenters. The van der Waals surface area contributed by atoms with Crippen LogP contribution in [0.5, 0.6) is 0 Å². The number of anilines is 1. The van der Waals surface area contributed by atoms with Crippen molar-refractivity contribution in [2.45, 2.75) is 17.4 Å². The van der Waals surface area contributed by atoms with Crippen LogP contribution in [0.3, 0.4) is 0 Å². The quantitative estimate of drug-likeness (QED) is 0.627. The van der Waals surface area contributed by atoms with E-state index in [0.29, 0.717) is 11.3 Å². The van der Waals surface area contributed by atoms with E-state index in [1.54, 1.807) is 49.0 Å². The molecule has 3 rings (SSSR count). The molecule has 6 nitrogen and oxygen atoms in total. The Morgan fingerprint density at radius 2 is 1.88 bits per heavy atom. The molecule has 1 aliphatic heterocycles. The van der Waals surface area contributed by atoms with E-state index >= 15 is 0 Å². The molecule has 2 N–H and O–H groups in total. The van der Waals surface area contributed by atoms with Crippen LogP contribution in [0.15, 0.2) is 59.5 Å². The van der Waals surface area contributed by atoms with E-state index in [2.05, 4.69) is 10.6 Å². The number of nitrogens with zero attached hydrogens (tertiary/aromatic N) is 1. The molecule has 0 spiro atoms. The first kappa shape index (κ1) is 18.0. The lowest BCUT2D eigenvalue weighted by atomic mass is 9.92. The van der Waals surface area contributed by atoms with Gasteiger partial charge in [-0.25, -0.2) is 4.79 Å². The smallest absolute Gasteiger partial charge is 0.324 e. The number of carbonyl (C=O) groups excluding carboxylic acids is 3. The molecule has 2 aromatic carbocycles. The van der Waals surface area contributed by atoms with Gasteiger partial charge in [-0.15, -0.1) is 11.8 Å². The number of hydrogen-bond acceptors (Lipinski definition) is 4. The number of nitrogens with one attached hydrogen (secondary N) is 2. The average Bonchev–Trinajstić information content (AvgIpc) is 2.87. The molecule has 0 aromatic heterocycles. The summed E-state index contributed by atoms with van der Waals surface area (Å²) < 4.78 is 0. The van der Waals surface area contributed by atoms with Gasteiger partial charge in [-0.05, 0) is 36.9 Å². The van der Waals surface area contributed by atoms with Crippen LogP contribution in [-0.4, -0.2) is 35.5 Å². The van der Waals surface area contributed by atoms with E-state index in [1.807, 2.05) is 30.5 Å². The fraction of sp³-hybridized carbons (Fsp3) is 0.211. The summed E-state index contributed by atoms with van der Waals surface area (Å²) in [5.41, 5.74) is 0.130. The normalized spacial score (nSPS) is 19.4. The molecule has 1 aliphatic rings. The molecular weight excluding hydrogens is 350 g/mol. The second-order valence-electron chi connectivity index (χ2n) is 6.09. The Balaban J connectivity index is 1.72. The predicted octanol–water partition coefficient (Wildman–Crippen LogP) is 2.81. The summed E-state index contributed by atoms with van der Waals surface area (Å²) in [6.45, 7) is 1.30. The fourth-order valence-electron chi connectivity index (χ4n) is 2.85. The summed E-state index contributed by atoms with van der Waals surface area (Å²) in [5, 5.41) is 5.41. The molecule has 4 amide bonds. The molecule has 1 atom stereocenters. The summed E-state index contributed by atoms with van der Waals surface area (Å²) in [5.74, 6) is -0.870. The summed E-state index contributed by atoms with van der Waals surface area (Å²) >= 11 is 1.56. The minimum atomic E-state index is -1.17. The van der Waals surface area contributed by atoms with Gasteiger partial charge in [0.25, 0.3) is 5.91 Å². The van der Waals surface area contributed by atoms with Gasteiger partial charge in [0.05, 0.1) is 0 Å². The van der Waals surface area contributed by atoms with E-state index < -0.39 is 23.4 Å². The maximum absolute atomic E-state index is 12.8. The van der Waals surface area contributed by atoms with Crippen molar-refractivity contribution in [1.82, 2.24) is 10.2 Å². The van der Waals surface area contributed by atoms with E-state index in [1.165, 1.54) is 0 Å². The third-order valence-corrected chi connectivity index (χ3v) is 5.01. The number of rotatable bonds is 5. The highest BCUT2D eigenvalue weighted by Gasteiger charge is 2.49. The van der Waals surface area contributed by atoms with Crippen molar-refractivity contribution in [3.8, 4) is 0 Å². The number of carbonyl (C=O) groups is 3. The molecule has 1 saturated heterocycles. The number of benzene rings is 2. The Morgan fingerprint density at radius 3 is 2.58 bits per heavy atom. The van der Waals surface area contributed by atoms with Crippen LogP contribution >= 0.6 is 11.8 Å². The molecule has 1 fully saturated rings. The van der Waals surface area contributed by atoms with Gasteiger partial charge in [0, 0.05) is 10.6 Å². The van der Waals surface area contributed by atoms with E-state index in [4.69, 9.17) is 0 Å². The van der Waals surface area contributed by atoms with E-state index in [0.717, 1.165) is 9.80 Å². The van der Waals surface area contributed by atoms with Crippen LogP contribution in [0.1, 0.15) is 12.5 Å². The van der Waals surface area contributed by atoms with Crippen molar-refractivity contribution in [1.29, 1.82) is 0 Å². The molecule has 134 valence electrons. The molecule has 0 bridgehead atoms. The van der Waals surface area contributed by atoms with Gasteiger partial charge in [0.15, 0.2) is 0 Å². The standard InChI is InChI=1S/C19H19N3O3S/c1-19(13-7-4-3-5-8-13)17(24)22(18(25)21-19)12-16(23)20-14-9-6-10-15(11-14)26-2/h3-11H,12H2,1-2H3,(H,20,23)(H,21,25). The number of hydrogen-bond donors (Lipinski definition) is 2. The van der Waals surface area contributed by atoms with Crippen LogP contribution in [0, 0.1) is 0 Å². The van der Waals surface area contributed by atoms with Crippen molar-refractivity contribution in [3.63, 3.8) is 0 Å². The van der Waals surface area contributed by atoms with Gasteiger partial charge >= 0.3 is 6.03 Å². The lowest BCUT2D eigenvalue weighted by molar-refractivity contribution is -0.133. The van der Waals surface area contributed by atoms with Gasteiger partial charge in [-0.2, -0.15) is 0 Å². The minimum Gasteiger partial charge on any atom is -0.324 e. The minimum absolute atomic E-state index is 0.337. The zero-order chi connectivity index (χ0) is 18.7. The average molecular weight is 369 g/mol. The van der Waals surface area contributed by atoms with Crippen LogP contribution < -0.4 is 10.6 Å². The van der Waals surface area contributed by atoms with Crippen molar-refractivity contribution in [3.05, 3.63) is 60.2 Å². The van der Waals surface area contributed by atoms with Crippen molar-refractivity contribution in [2.24, 2.45) is 0 Å². The number of amides is 4. The van der Waals surface area contributed by atoms with Gasteiger partial charge < -0.3 is 10.6 Å². The number of urea groups is 1. The second-order valence-corrected chi connectivity index (χ2v) is 6.97. The zero-order valence-corrected chi connectivity index (χ0v) is 15.3. The fourth-order valence-corrected chi connectivity index (χ4v) is 3.31. The van der Waals surface area contributed by atoms with E-state index in [9.17, 15) is 14.4 Å².